The number of imidazole rings is 1. The summed E-state index contributed by atoms with van der Waals surface area (Å²) in [6.45, 7) is 0. The fourth-order valence-electron chi connectivity index (χ4n) is 2.47. The molecule has 3 aromatic rings. The number of nitrogens with one attached hydrogen (secondary N) is 1. The third kappa shape index (κ3) is 4.69. The Bertz CT molecular complexity index is 976. The monoisotopic (exact) mass is 425 g/mol. The van der Waals surface area contributed by atoms with Crippen molar-refractivity contribution in [3.63, 3.8) is 0 Å². The van der Waals surface area contributed by atoms with E-state index in [1.807, 2.05) is 6.07 Å². The quantitative estimate of drug-likeness (QED) is 0.544. The first-order chi connectivity index (χ1) is 13.3. The second-order valence-electron chi connectivity index (χ2n) is 5.91. The number of carbonyl (C=O) groups excluding carboxylic acids is 1. The number of hydrogen-bond acceptors (Lipinski definition) is 3. The summed E-state index contributed by atoms with van der Waals surface area (Å²) in [6.07, 6.45) is -1.19. The Morgan fingerprint density at radius 2 is 1.93 bits per heavy atom. The molecule has 0 saturated carbocycles. The third-order valence-corrected chi connectivity index (χ3v) is 5.55. The lowest BCUT2D eigenvalue weighted by Crippen LogP contribution is -2.20. The van der Waals surface area contributed by atoms with Gasteiger partial charge in [0.05, 0.1) is 16.3 Å². The van der Waals surface area contributed by atoms with Gasteiger partial charge < -0.3 is 9.88 Å². The van der Waals surface area contributed by atoms with Crippen LogP contribution in [0.25, 0.3) is 0 Å². The number of hydrogen-bond donors (Lipinski definition) is 1. The van der Waals surface area contributed by atoms with Crippen molar-refractivity contribution in [2.75, 3.05) is 5.32 Å². The van der Waals surface area contributed by atoms with Gasteiger partial charge >= 0.3 is 6.18 Å². The minimum absolute atomic E-state index is 0.0233. The summed E-state index contributed by atoms with van der Waals surface area (Å²) >= 11 is 7.20. The molecule has 3 rings (SSSR count). The zero-order valence-corrected chi connectivity index (χ0v) is 16.1. The molecule has 0 spiro atoms. The van der Waals surface area contributed by atoms with Crippen LogP contribution in [0.2, 0.25) is 5.02 Å². The largest absolute Gasteiger partial charge is 0.416 e. The Morgan fingerprint density at radius 3 is 2.54 bits per heavy atom. The molecule has 0 bridgehead atoms. The van der Waals surface area contributed by atoms with E-state index in [1.54, 1.807) is 48.3 Å². The van der Waals surface area contributed by atoms with Crippen molar-refractivity contribution < 1.29 is 18.0 Å². The Kier molecular flexibility index (Phi) is 6.00. The maximum absolute atomic E-state index is 13.0. The van der Waals surface area contributed by atoms with Gasteiger partial charge in [-0.3, -0.25) is 4.79 Å². The van der Waals surface area contributed by atoms with Crippen LogP contribution in [0.3, 0.4) is 0 Å². The molecule has 146 valence electrons. The zero-order chi connectivity index (χ0) is 20.3. The molecule has 0 radical (unpaired) electrons. The van der Waals surface area contributed by atoms with Crippen molar-refractivity contribution in [3.8, 4) is 0 Å². The van der Waals surface area contributed by atoms with E-state index in [1.165, 1.54) is 11.8 Å². The molecule has 1 aromatic heterocycles. The number of thioether (sulfide) groups is 1. The van der Waals surface area contributed by atoms with Crippen LogP contribution in [-0.4, -0.2) is 15.5 Å². The minimum atomic E-state index is -4.54. The summed E-state index contributed by atoms with van der Waals surface area (Å²) in [5, 5.41) is 2.42. The second kappa shape index (κ2) is 8.28. The fraction of sp³-hybridized carbons (Fsp3) is 0.158. The van der Waals surface area contributed by atoms with Gasteiger partial charge in [0.2, 0.25) is 5.91 Å². The van der Waals surface area contributed by atoms with Gasteiger partial charge in [-0.05, 0) is 23.8 Å². The van der Waals surface area contributed by atoms with Crippen molar-refractivity contribution >= 4 is 35.0 Å². The topological polar surface area (TPSA) is 46.9 Å². The average Bonchev–Trinajstić information content (AvgIpc) is 3.06. The number of nitrogens with zero attached hydrogens (tertiary/aromatic N) is 2. The average molecular weight is 426 g/mol. The van der Waals surface area contributed by atoms with Gasteiger partial charge in [0.25, 0.3) is 0 Å². The van der Waals surface area contributed by atoms with Gasteiger partial charge in [0.1, 0.15) is 5.25 Å². The minimum Gasteiger partial charge on any atom is -0.329 e. The highest BCUT2D eigenvalue weighted by Crippen LogP contribution is 2.37. The van der Waals surface area contributed by atoms with Crippen molar-refractivity contribution in [2.45, 2.75) is 16.6 Å². The molecule has 0 aliphatic rings. The van der Waals surface area contributed by atoms with E-state index in [9.17, 15) is 18.0 Å². The molecule has 28 heavy (non-hydrogen) atoms. The van der Waals surface area contributed by atoms with Crippen molar-refractivity contribution in [1.29, 1.82) is 0 Å². The molecule has 0 aliphatic heterocycles. The van der Waals surface area contributed by atoms with Gasteiger partial charge in [-0.15, -0.1) is 0 Å². The van der Waals surface area contributed by atoms with Crippen LogP contribution < -0.4 is 5.32 Å². The fourth-order valence-corrected chi connectivity index (χ4v) is 3.65. The Morgan fingerprint density at radius 1 is 1.21 bits per heavy atom. The number of amides is 1. The van der Waals surface area contributed by atoms with E-state index in [0.29, 0.717) is 10.7 Å². The SMILES string of the molecule is Cn1ccnc1SC(C(=O)Nc1cc(C(F)(F)F)ccc1Cl)c1ccccc1. The third-order valence-electron chi connectivity index (χ3n) is 3.89. The van der Waals surface area contributed by atoms with Crippen LogP contribution >= 0.6 is 23.4 Å². The predicted octanol–water partition coefficient (Wildman–Crippen LogP) is 5.56. The van der Waals surface area contributed by atoms with Crippen LogP contribution in [-0.2, 0) is 18.0 Å². The van der Waals surface area contributed by atoms with Crippen LogP contribution in [0.5, 0.6) is 0 Å². The predicted molar refractivity (Wildman–Crippen MR) is 103 cm³/mol. The van der Waals surface area contributed by atoms with Crippen LogP contribution in [0.1, 0.15) is 16.4 Å². The molecule has 4 nitrogen and oxygen atoms in total. The van der Waals surface area contributed by atoms with E-state index in [0.717, 1.165) is 18.2 Å². The Hall–Kier alpha value is -2.45. The maximum Gasteiger partial charge on any atom is 0.416 e. The highest BCUT2D eigenvalue weighted by Gasteiger charge is 2.31. The number of carbonyl (C=O) groups is 1. The number of halogens is 4. The van der Waals surface area contributed by atoms with E-state index < -0.39 is 22.9 Å². The maximum atomic E-state index is 13.0. The number of rotatable bonds is 5. The molecule has 0 saturated heterocycles. The summed E-state index contributed by atoms with van der Waals surface area (Å²) in [5.74, 6) is -0.500. The van der Waals surface area contributed by atoms with Crippen molar-refractivity contribution in [2.24, 2.45) is 7.05 Å². The van der Waals surface area contributed by atoms with E-state index in [2.05, 4.69) is 10.3 Å². The van der Waals surface area contributed by atoms with Crippen molar-refractivity contribution in [3.05, 3.63) is 77.1 Å². The molecule has 9 heteroatoms. The first-order valence-corrected chi connectivity index (χ1v) is 9.38. The lowest BCUT2D eigenvalue weighted by atomic mass is 10.1. The van der Waals surface area contributed by atoms with E-state index in [-0.39, 0.29) is 10.7 Å². The summed E-state index contributed by atoms with van der Waals surface area (Å²) in [5.41, 5.74) is -0.292. The van der Waals surface area contributed by atoms with E-state index >= 15 is 0 Å². The van der Waals surface area contributed by atoms with Crippen LogP contribution in [0.15, 0.2) is 66.1 Å². The summed E-state index contributed by atoms with van der Waals surface area (Å²) in [7, 11) is 1.79. The van der Waals surface area contributed by atoms with E-state index in [4.69, 9.17) is 11.6 Å². The smallest absolute Gasteiger partial charge is 0.329 e. The van der Waals surface area contributed by atoms with Crippen molar-refractivity contribution in [1.82, 2.24) is 9.55 Å². The molecule has 1 heterocycles. The molecule has 1 unspecified atom stereocenters. The van der Waals surface area contributed by atoms with Gasteiger partial charge in [-0.2, -0.15) is 13.2 Å². The Balaban J connectivity index is 1.91. The number of anilines is 1. The summed E-state index contributed by atoms with van der Waals surface area (Å²) in [4.78, 5) is 17.2. The lowest BCUT2D eigenvalue weighted by molar-refractivity contribution is -0.137. The molecule has 0 fully saturated rings. The normalized spacial score (nSPS) is 12.6. The standard InChI is InChI=1S/C19H15ClF3N3OS/c1-26-10-9-24-18(26)28-16(12-5-3-2-4-6-12)17(27)25-15-11-13(19(21,22)23)7-8-14(15)20/h2-11,16H,1H3,(H,25,27). The number of alkyl halides is 3. The number of aromatic nitrogens is 2. The first-order valence-electron chi connectivity index (χ1n) is 8.12. The summed E-state index contributed by atoms with van der Waals surface area (Å²) in [6, 6.07) is 11.7. The molecule has 1 atom stereocenters. The highest BCUT2D eigenvalue weighted by molar-refractivity contribution is 8.00. The van der Waals surface area contributed by atoms with Gasteiger partial charge in [-0.1, -0.05) is 53.7 Å². The first kappa shape index (κ1) is 20.3. The molecular weight excluding hydrogens is 411 g/mol. The molecular formula is C19H15ClF3N3OS. The van der Waals surface area contributed by atoms with Gasteiger partial charge in [-0.25, -0.2) is 4.98 Å². The molecule has 1 N–H and O–H groups in total. The molecule has 0 aliphatic carbocycles. The summed E-state index contributed by atoms with van der Waals surface area (Å²) < 4.78 is 40.7. The Labute approximate surface area is 168 Å². The zero-order valence-electron chi connectivity index (χ0n) is 14.6. The second-order valence-corrected chi connectivity index (χ2v) is 7.39. The molecule has 2 aromatic carbocycles. The van der Waals surface area contributed by atoms with Crippen LogP contribution in [0.4, 0.5) is 18.9 Å². The number of aryl methyl sites for hydroxylation is 1. The van der Waals surface area contributed by atoms with Gasteiger partial charge in [0.15, 0.2) is 5.16 Å². The number of benzene rings is 2. The lowest BCUT2D eigenvalue weighted by Gasteiger charge is -2.18. The van der Waals surface area contributed by atoms with Gasteiger partial charge in [0, 0.05) is 19.4 Å². The van der Waals surface area contributed by atoms with Crippen LogP contribution in [0, 0.1) is 0 Å². The highest BCUT2D eigenvalue weighted by atomic mass is 35.5. The molecule has 1 amide bonds.